The van der Waals surface area contributed by atoms with Crippen LogP contribution in [0.5, 0.6) is 0 Å². The van der Waals surface area contributed by atoms with Crippen LogP contribution in [-0.4, -0.2) is 52.2 Å². The molecule has 2 aromatic rings. The van der Waals surface area contributed by atoms with Gasteiger partial charge in [0.15, 0.2) is 0 Å². The Balaban J connectivity index is 1.66. The summed E-state index contributed by atoms with van der Waals surface area (Å²) in [5.74, 6) is 0.297. The Hall–Kier alpha value is -1.80. The van der Waals surface area contributed by atoms with E-state index < -0.39 is 10.0 Å². The zero-order chi connectivity index (χ0) is 16.4. The molecule has 0 unspecified atom stereocenters. The van der Waals surface area contributed by atoms with Crippen LogP contribution in [0.25, 0.3) is 11.4 Å². The lowest BCUT2D eigenvalue weighted by Crippen LogP contribution is -2.39. The summed E-state index contributed by atoms with van der Waals surface area (Å²) in [4.78, 5) is 8.88. The van der Waals surface area contributed by atoms with Crippen molar-refractivity contribution in [3.63, 3.8) is 0 Å². The molecule has 1 N–H and O–H groups in total. The predicted molar refractivity (Wildman–Crippen MR) is 87.2 cm³/mol. The van der Waals surface area contributed by atoms with Gasteiger partial charge in [-0.1, -0.05) is 0 Å². The molecule has 0 spiro atoms. The summed E-state index contributed by atoms with van der Waals surface area (Å²) < 4.78 is 24.9. The first-order chi connectivity index (χ1) is 10.9. The normalized spacial score (nSPS) is 19.8. The van der Waals surface area contributed by atoms with Crippen molar-refractivity contribution in [1.29, 1.82) is 0 Å². The van der Waals surface area contributed by atoms with Gasteiger partial charge in [0.05, 0.1) is 18.1 Å². The second kappa shape index (κ2) is 6.37. The second-order valence-corrected chi connectivity index (χ2v) is 8.14. The zero-order valence-electron chi connectivity index (χ0n) is 13.4. The largest absolute Gasteiger partial charge is 0.282 e. The lowest BCUT2D eigenvalue weighted by Gasteiger charge is -2.30. The quantitative estimate of drug-likeness (QED) is 0.911. The van der Waals surface area contributed by atoms with E-state index in [-0.39, 0.29) is 0 Å². The number of nitrogens with zero attached hydrogens (tertiary/aromatic N) is 4. The minimum Gasteiger partial charge on any atom is -0.282 e. The van der Waals surface area contributed by atoms with Crippen LogP contribution in [0.2, 0.25) is 0 Å². The van der Waals surface area contributed by atoms with Crippen molar-refractivity contribution < 1.29 is 8.42 Å². The molecule has 1 fully saturated rings. The molecule has 0 radical (unpaired) electrons. The third-order valence-electron chi connectivity index (χ3n) is 4.12. The van der Waals surface area contributed by atoms with Gasteiger partial charge in [-0.15, -0.1) is 0 Å². The molecule has 3 rings (SSSR count). The number of aromatic nitrogens is 4. The highest BCUT2D eigenvalue weighted by Crippen LogP contribution is 2.22. The summed E-state index contributed by atoms with van der Waals surface area (Å²) in [5.41, 5.74) is 3.39. The third kappa shape index (κ3) is 3.94. The molecule has 0 bridgehead atoms. The van der Waals surface area contributed by atoms with Crippen molar-refractivity contribution in [3.8, 4) is 11.4 Å². The van der Waals surface area contributed by atoms with Gasteiger partial charge in [0, 0.05) is 25.0 Å². The first kappa shape index (κ1) is 16.1. The number of H-pyrrole nitrogens is 1. The van der Waals surface area contributed by atoms with Gasteiger partial charge in [0.2, 0.25) is 10.0 Å². The number of aryl methyl sites for hydroxylation is 1. The average molecular weight is 335 g/mol. The van der Waals surface area contributed by atoms with E-state index in [1.807, 2.05) is 13.0 Å². The molecule has 0 saturated carbocycles. The van der Waals surface area contributed by atoms with Crippen LogP contribution in [0.1, 0.15) is 24.2 Å². The van der Waals surface area contributed by atoms with Crippen LogP contribution in [0.3, 0.4) is 0 Å². The first-order valence-corrected chi connectivity index (χ1v) is 9.55. The molecule has 0 aromatic carbocycles. The number of hydrogen-bond acceptors (Lipinski definition) is 5. The molecule has 1 aliphatic heterocycles. The minimum atomic E-state index is -3.11. The zero-order valence-corrected chi connectivity index (χ0v) is 14.2. The van der Waals surface area contributed by atoms with Crippen LogP contribution >= 0.6 is 0 Å². The van der Waals surface area contributed by atoms with Crippen molar-refractivity contribution >= 4 is 10.0 Å². The highest BCUT2D eigenvalue weighted by atomic mass is 32.2. The summed E-state index contributed by atoms with van der Waals surface area (Å²) in [6.45, 7) is 3.13. The average Bonchev–Trinajstić information content (AvgIpc) is 2.94. The van der Waals surface area contributed by atoms with Gasteiger partial charge in [-0.3, -0.25) is 15.1 Å². The topological polar surface area (TPSA) is 91.8 Å². The number of nitrogens with one attached hydrogen (secondary N) is 1. The van der Waals surface area contributed by atoms with Crippen molar-refractivity contribution in [1.82, 2.24) is 24.5 Å². The molecule has 3 heterocycles. The van der Waals surface area contributed by atoms with E-state index >= 15 is 0 Å². The van der Waals surface area contributed by atoms with Gasteiger partial charge in [-0.05, 0) is 38.2 Å². The fraction of sp³-hybridized carbons (Fsp3) is 0.533. The van der Waals surface area contributed by atoms with E-state index in [1.165, 1.54) is 6.26 Å². The Labute approximate surface area is 136 Å². The van der Waals surface area contributed by atoms with Crippen LogP contribution in [-0.2, 0) is 16.4 Å². The van der Waals surface area contributed by atoms with Gasteiger partial charge in [0.25, 0.3) is 0 Å². The fourth-order valence-corrected chi connectivity index (χ4v) is 3.87. The molecular weight excluding hydrogens is 314 g/mol. The van der Waals surface area contributed by atoms with Crippen molar-refractivity contribution in [2.75, 3.05) is 19.3 Å². The smallest absolute Gasteiger partial charge is 0.211 e. The van der Waals surface area contributed by atoms with Crippen LogP contribution < -0.4 is 0 Å². The monoisotopic (exact) mass is 335 g/mol. The van der Waals surface area contributed by atoms with Crippen molar-refractivity contribution in [2.45, 2.75) is 26.2 Å². The fourth-order valence-electron chi connectivity index (χ4n) is 2.93. The van der Waals surface area contributed by atoms with Gasteiger partial charge in [-0.25, -0.2) is 12.7 Å². The number of sulfonamides is 1. The summed E-state index contributed by atoms with van der Waals surface area (Å²) >= 11 is 0. The van der Waals surface area contributed by atoms with E-state index in [0.717, 1.165) is 42.0 Å². The number of aromatic amines is 1. The lowest BCUT2D eigenvalue weighted by atomic mass is 9.95. The Morgan fingerprint density at radius 1 is 1.30 bits per heavy atom. The Kier molecular flexibility index (Phi) is 4.45. The van der Waals surface area contributed by atoms with Crippen molar-refractivity contribution in [2.24, 2.45) is 5.92 Å². The molecule has 1 atom stereocenters. The van der Waals surface area contributed by atoms with Crippen LogP contribution in [0, 0.1) is 12.8 Å². The van der Waals surface area contributed by atoms with Crippen LogP contribution in [0.15, 0.2) is 18.5 Å². The molecule has 2 aromatic heterocycles. The standard InChI is InChI=1S/C15H21N5O2S/c1-11-6-14(19-18-11)15-9-16-13(8-17-15)7-12-4-3-5-20(10-12)23(2,21)22/h6,8-9,12H,3-5,7,10H2,1-2H3,(H,18,19)/t12-/m1/s1. The maximum Gasteiger partial charge on any atom is 0.211 e. The molecule has 8 heteroatoms. The number of piperidine rings is 1. The van der Waals surface area contributed by atoms with E-state index in [4.69, 9.17) is 0 Å². The summed E-state index contributed by atoms with van der Waals surface area (Å²) in [6, 6.07) is 1.93. The van der Waals surface area contributed by atoms with E-state index in [1.54, 1.807) is 16.7 Å². The van der Waals surface area contributed by atoms with Gasteiger partial charge in [-0.2, -0.15) is 5.10 Å². The second-order valence-electron chi connectivity index (χ2n) is 6.16. The SMILES string of the molecule is Cc1cc(-c2cnc(C[C@H]3CCCN(S(C)(=O)=O)C3)cn2)n[nH]1. The highest BCUT2D eigenvalue weighted by Gasteiger charge is 2.26. The maximum absolute atomic E-state index is 11.7. The lowest BCUT2D eigenvalue weighted by molar-refractivity contribution is 0.265. The Morgan fingerprint density at radius 3 is 2.74 bits per heavy atom. The first-order valence-electron chi connectivity index (χ1n) is 7.70. The molecular formula is C15H21N5O2S. The Morgan fingerprint density at radius 2 is 2.13 bits per heavy atom. The van der Waals surface area contributed by atoms with E-state index in [9.17, 15) is 8.42 Å². The number of rotatable bonds is 4. The molecule has 7 nitrogen and oxygen atoms in total. The van der Waals surface area contributed by atoms with Gasteiger partial charge >= 0.3 is 0 Å². The molecule has 1 saturated heterocycles. The predicted octanol–water partition coefficient (Wildman–Crippen LogP) is 1.39. The van der Waals surface area contributed by atoms with Crippen molar-refractivity contribution in [3.05, 3.63) is 29.8 Å². The van der Waals surface area contributed by atoms with Crippen LogP contribution in [0.4, 0.5) is 0 Å². The van der Waals surface area contributed by atoms with E-state index in [2.05, 4.69) is 20.2 Å². The summed E-state index contributed by atoms with van der Waals surface area (Å²) in [6.07, 6.45) is 7.43. The highest BCUT2D eigenvalue weighted by molar-refractivity contribution is 7.88. The molecule has 1 aliphatic rings. The van der Waals surface area contributed by atoms with Gasteiger partial charge in [0.1, 0.15) is 11.4 Å². The number of hydrogen-bond donors (Lipinski definition) is 1. The maximum atomic E-state index is 11.7. The molecule has 0 aliphatic carbocycles. The third-order valence-corrected chi connectivity index (χ3v) is 5.39. The van der Waals surface area contributed by atoms with Gasteiger partial charge < -0.3 is 0 Å². The summed E-state index contributed by atoms with van der Waals surface area (Å²) in [5, 5.41) is 7.05. The van der Waals surface area contributed by atoms with E-state index in [0.29, 0.717) is 19.0 Å². The molecule has 0 amide bonds. The Bertz CT molecular complexity index is 769. The summed E-state index contributed by atoms with van der Waals surface area (Å²) in [7, 11) is -3.11. The molecule has 124 valence electrons. The molecule has 23 heavy (non-hydrogen) atoms. The minimum absolute atomic E-state index is 0.297.